The van der Waals surface area contributed by atoms with Crippen LogP contribution in [0.15, 0.2) is 24.3 Å². The van der Waals surface area contributed by atoms with Crippen LogP contribution >= 0.6 is 0 Å². The van der Waals surface area contributed by atoms with Crippen molar-refractivity contribution in [1.29, 1.82) is 5.26 Å². The number of pyridine rings is 1. The van der Waals surface area contributed by atoms with Gasteiger partial charge in [0.25, 0.3) is 5.69 Å². The van der Waals surface area contributed by atoms with E-state index in [1.165, 1.54) is 12.1 Å². The zero-order chi connectivity index (χ0) is 17.9. The predicted octanol–water partition coefficient (Wildman–Crippen LogP) is 2.62. The van der Waals surface area contributed by atoms with Crippen molar-refractivity contribution in [2.24, 2.45) is 0 Å². The van der Waals surface area contributed by atoms with Gasteiger partial charge in [0, 0.05) is 57.2 Å². The van der Waals surface area contributed by atoms with Crippen molar-refractivity contribution in [2.75, 3.05) is 32.2 Å². The average molecular weight is 342 g/mol. The van der Waals surface area contributed by atoms with Crippen molar-refractivity contribution in [3.05, 3.63) is 39.9 Å². The lowest BCUT2D eigenvalue weighted by atomic mass is 9.94. The molecular weight excluding hydrogens is 324 g/mol. The molecule has 0 saturated carbocycles. The minimum absolute atomic E-state index is 0.0629. The second-order valence-electron chi connectivity index (χ2n) is 5.98. The number of methoxy groups -OCH3 is 1. The standard InChI is InChI=1S/C17H18N4O4/c1-24-17(4-6-25-7-5-17)11-19-16-8-12(10-18)14-9-13(21(22)23)2-3-15(14)20-16/h2-3,8-9H,4-7,11H2,1H3,(H,19,20). The van der Waals surface area contributed by atoms with E-state index in [4.69, 9.17) is 9.47 Å². The molecule has 1 aromatic carbocycles. The lowest BCUT2D eigenvalue weighted by molar-refractivity contribution is -0.384. The van der Waals surface area contributed by atoms with Gasteiger partial charge in [-0.25, -0.2) is 4.98 Å². The summed E-state index contributed by atoms with van der Waals surface area (Å²) >= 11 is 0. The maximum atomic E-state index is 10.9. The molecular formula is C17H18N4O4. The topological polar surface area (TPSA) is 110 Å². The molecule has 1 saturated heterocycles. The summed E-state index contributed by atoms with van der Waals surface area (Å²) in [5, 5.41) is 24.0. The van der Waals surface area contributed by atoms with Crippen molar-refractivity contribution in [3.8, 4) is 6.07 Å². The Hall–Kier alpha value is -2.76. The Bertz CT molecular complexity index is 840. The highest BCUT2D eigenvalue weighted by molar-refractivity contribution is 5.88. The van der Waals surface area contributed by atoms with Crippen molar-refractivity contribution >= 4 is 22.4 Å². The van der Waals surface area contributed by atoms with Gasteiger partial charge < -0.3 is 14.8 Å². The molecule has 8 nitrogen and oxygen atoms in total. The molecule has 0 radical (unpaired) electrons. The van der Waals surface area contributed by atoms with Gasteiger partial charge >= 0.3 is 0 Å². The van der Waals surface area contributed by atoms with Crippen LogP contribution in [0, 0.1) is 21.4 Å². The minimum atomic E-state index is -0.486. The molecule has 130 valence electrons. The molecule has 0 spiro atoms. The SMILES string of the molecule is COC1(CNc2cc(C#N)c3cc([N+](=O)[O-])ccc3n2)CCOCC1. The predicted molar refractivity (Wildman–Crippen MR) is 91.4 cm³/mol. The number of anilines is 1. The lowest BCUT2D eigenvalue weighted by Crippen LogP contribution is -2.44. The van der Waals surface area contributed by atoms with Crippen LogP contribution in [-0.2, 0) is 9.47 Å². The monoisotopic (exact) mass is 342 g/mol. The molecule has 0 amide bonds. The minimum Gasteiger partial charge on any atom is -0.381 e. The molecule has 8 heteroatoms. The van der Waals surface area contributed by atoms with Crippen molar-refractivity contribution in [2.45, 2.75) is 18.4 Å². The summed E-state index contributed by atoms with van der Waals surface area (Å²) in [4.78, 5) is 14.9. The molecule has 0 aliphatic carbocycles. The van der Waals surface area contributed by atoms with E-state index in [1.807, 2.05) is 0 Å². The van der Waals surface area contributed by atoms with Gasteiger partial charge in [-0.1, -0.05) is 0 Å². The highest BCUT2D eigenvalue weighted by Gasteiger charge is 2.32. The quantitative estimate of drug-likeness (QED) is 0.657. The number of nitro groups is 1. The van der Waals surface area contributed by atoms with Gasteiger partial charge in [0.15, 0.2) is 0 Å². The summed E-state index contributed by atoms with van der Waals surface area (Å²) in [6, 6.07) is 8.00. The smallest absolute Gasteiger partial charge is 0.270 e. The van der Waals surface area contributed by atoms with Crippen LogP contribution in [0.5, 0.6) is 0 Å². The lowest BCUT2D eigenvalue weighted by Gasteiger charge is -2.36. The number of hydrogen-bond donors (Lipinski definition) is 1. The fourth-order valence-corrected chi connectivity index (χ4v) is 2.96. The van der Waals surface area contributed by atoms with Crippen LogP contribution in [0.1, 0.15) is 18.4 Å². The number of fused-ring (bicyclic) bond motifs is 1. The second-order valence-corrected chi connectivity index (χ2v) is 5.98. The first-order valence-corrected chi connectivity index (χ1v) is 7.93. The first kappa shape index (κ1) is 17.1. The van der Waals surface area contributed by atoms with Crippen LogP contribution in [0.2, 0.25) is 0 Å². The van der Waals surface area contributed by atoms with Crippen molar-refractivity contribution < 1.29 is 14.4 Å². The first-order valence-electron chi connectivity index (χ1n) is 7.93. The molecule has 3 rings (SSSR count). The summed E-state index contributed by atoms with van der Waals surface area (Å²) in [7, 11) is 1.68. The van der Waals surface area contributed by atoms with Crippen LogP contribution in [0.25, 0.3) is 10.9 Å². The van der Waals surface area contributed by atoms with E-state index in [9.17, 15) is 15.4 Å². The van der Waals surface area contributed by atoms with Crippen molar-refractivity contribution in [1.82, 2.24) is 4.98 Å². The molecule has 1 aliphatic rings. The Labute approximate surface area is 144 Å². The highest BCUT2D eigenvalue weighted by atomic mass is 16.6. The van der Waals surface area contributed by atoms with E-state index in [0.29, 0.717) is 42.0 Å². The van der Waals surface area contributed by atoms with Crippen LogP contribution in [-0.4, -0.2) is 42.4 Å². The molecule has 0 unspecified atom stereocenters. The van der Waals surface area contributed by atoms with Gasteiger partial charge in [-0.2, -0.15) is 5.26 Å². The largest absolute Gasteiger partial charge is 0.381 e. The molecule has 2 aromatic rings. The van der Waals surface area contributed by atoms with E-state index in [2.05, 4.69) is 16.4 Å². The first-order chi connectivity index (χ1) is 12.1. The zero-order valence-corrected chi connectivity index (χ0v) is 13.8. The highest BCUT2D eigenvalue weighted by Crippen LogP contribution is 2.27. The fourth-order valence-electron chi connectivity index (χ4n) is 2.96. The molecule has 0 atom stereocenters. The van der Waals surface area contributed by atoms with E-state index in [1.54, 1.807) is 19.2 Å². The third-order valence-corrected chi connectivity index (χ3v) is 4.55. The molecule has 1 aromatic heterocycles. The van der Waals surface area contributed by atoms with Gasteiger partial charge in [0.1, 0.15) is 5.82 Å². The third kappa shape index (κ3) is 3.52. The normalized spacial score (nSPS) is 16.3. The van der Waals surface area contributed by atoms with E-state index < -0.39 is 4.92 Å². The third-order valence-electron chi connectivity index (χ3n) is 4.55. The van der Waals surface area contributed by atoms with Gasteiger partial charge in [-0.3, -0.25) is 10.1 Å². The number of nitrogens with one attached hydrogen (secondary N) is 1. The van der Waals surface area contributed by atoms with E-state index in [-0.39, 0.29) is 11.3 Å². The average Bonchev–Trinajstić information content (AvgIpc) is 2.66. The summed E-state index contributed by atoms with van der Waals surface area (Å²) < 4.78 is 11.1. The number of non-ortho nitro benzene ring substituents is 1. The molecule has 0 bridgehead atoms. The Morgan fingerprint density at radius 1 is 1.44 bits per heavy atom. The van der Waals surface area contributed by atoms with Crippen molar-refractivity contribution in [3.63, 3.8) is 0 Å². The fraction of sp³-hybridized carbons (Fsp3) is 0.412. The number of nitriles is 1. The second kappa shape index (κ2) is 7.01. The van der Waals surface area contributed by atoms with Crippen LogP contribution in [0.3, 0.4) is 0 Å². The molecule has 1 fully saturated rings. The zero-order valence-electron chi connectivity index (χ0n) is 13.8. The number of benzene rings is 1. The summed E-state index contributed by atoms with van der Waals surface area (Å²) in [6.45, 7) is 1.84. The number of nitro benzene ring substituents is 1. The van der Waals surface area contributed by atoms with Gasteiger partial charge in [0.05, 0.1) is 27.7 Å². The number of hydrogen-bond acceptors (Lipinski definition) is 7. The number of ether oxygens (including phenoxy) is 2. The van der Waals surface area contributed by atoms with Crippen LogP contribution in [0.4, 0.5) is 11.5 Å². The number of aromatic nitrogens is 1. The van der Waals surface area contributed by atoms with E-state index in [0.717, 1.165) is 12.8 Å². The van der Waals surface area contributed by atoms with Gasteiger partial charge in [-0.15, -0.1) is 0 Å². The Morgan fingerprint density at radius 3 is 2.84 bits per heavy atom. The summed E-state index contributed by atoms with van der Waals surface area (Å²) in [6.07, 6.45) is 1.56. The van der Waals surface area contributed by atoms with Gasteiger partial charge in [0.2, 0.25) is 0 Å². The molecule has 1 N–H and O–H groups in total. The molecule has 25 heavy (non-hydrogen) atoms. The molecule has 2 heterocycles. The molecule has 1 aliphatic heterocycles. The Kier molecular flexibility index (Phi) is 4.79. The van der Waals surface area contributed by atoms with E-state index >= 15 is 0 Å². The summed E-state index contributed by atoms with van der Waals surface area (Å²) in [5.41, 5.74) is 0.490. The van der Waals surface area contributed by atoms with Crippen LogP contribution < -0.4 is 5.32 Å². The maximum Gasteiger partial charge on any atom is 0.270 e. The Balaban J connectivity index is 1.88. The summed E-state index contributed by atoms with van der Waals surface area (Å²) in [5.74, 6) is 0.542. The Morgan fingerprint density at radius 2 is 2.20 bits per heavy atom. The van der Waals surface area contributed by atoms with Gasteiger partial charge in [-0.05, 0) is 12.1 Å². The number of rotatable bonds is 5. The maximum absolute atomic E-state index is 10.9. The number of nitrogens with zero attached hydrogens (tertiary/aromatic N) is 3.